The van der Waals surface area contributed by atoms with Crippen molar-refractivity contribution in [2.45, 2.75) is 108 Å². The lowest BCUT2D eigenvalue weighted by Gasteiger charge is -2.54. The minimum Gasteiger partial charge on any atom is -0.493 e. The molecule has 0 bridgehead atoms. The van der Waals surface area contributed by atoms with Crippen molar-refractivity contribution in [1.82, 2.24) is 14.8 Å². The number of aromatic nitrogens is 1. The summed E-state index contributed by atoms with van der Waals surface area (Å²) in [7, 11) is 0. The van der Waals surface area contributed by atoms with Gasteiger partial charge in [0.1, 0.15) is 22.6 Å². The van der Waals surface area contributed by atoms with E-state index in [9.17, 15) is 51.3 Å². The number of hydrogen-bond donors (Lipinski definition) is 3. The molecule has 56 heavy (non-hydrogen) atoms. The molecule has 17 heteroatoms. The van der Waals surface area contributed by atoms with Gasteiger partial charge in [-0.05, 0) is 70.9 Å². The number of aliphatic hydroxyl groups is 2. The molecule has 2 aliphatic rings. The van der Waals surface area contributed by atoms with Crippen LogP contribution in [0.3, 0.4) is 0 Å². The molecule has 5 rings (SSSR count). The lowest BCUT2D eigenvalue weighted by molar-refractivity contribution is -0.193. The van der Waals surface area contributed by atoms with Gasteiger partial charge in [0.15, 0.2) is 5.60 Å². The lowest BCUT2D eigenvalue weighted by Crippen LogP contribution is -2.70. The van der Waals surface area contributed by atoms with Crippen molar-refractivity contribution in [1.29, 1.82) is 0 Å². The molecule has 1 unspecified atom stereocenters. The van der Waals surface area contributed by atoms with Crippen LogP contribution in [0.2, 0.25) is 0 Å². The molecule has 2 aromatic heterocycles. The van der Waals surface area contributed by atoms with Crippen molar-refractivity contribution in [2.24, 2.45) is 5.41 Å². The zero-order chi connectivity index (χ0) is 41.1. The number of carbonyl (C=O) groups is 2. The van der Waals surface area contributed by atoms with Crippen molar-refractivity contribution >= 4 is 23.2 Å². The Morgan fingerprint density at radius 3 is 2.36 bits per heavy atom. The van der Waals surface area contributed by atoms with Crippen LogP contribution < -0.4 is 9.47 Å². The molecule has 0 saturated carbocycles. The maximum atomic E-state index is 14.1. The number of carboxylic acid groups (broad SMARTS) is 1. The number of benzene rings is 1. The Labute approximate surface area is 325 Å². The number of pyridine rings is 1. The SMILES string of the molecule is CCC[C@H]1N(C(=O)c2cnccc2C(F)(F)F)CCC[C@@]1(Oc1csc(C(F)(F)F)c1)C(O)N1CCC(O)(c2ccccc2OCCCC(C)(C)C(=O)O)CC1. The third-order valence-corrected chi connectivity index (χ3v) is 11.8. The number of rotatable bonds is 14. The highest BCUT2D eigenvalue weighted by atomic mass is 32.1. The van der Waals surface area contributed by atoms with Crippen LogP contribution in [0.25, 0.3) is 0 Å². The third-order valence-electron chi connectivity index (χ3n) is 10.8. The van der Waals surface area contributed by atoms with E-state index in [2.05, 4.69) is 4.98 Å². The van der Waals surface area contributed by atoms with Crippen LogP contribution in [-0.4, -0.2) is 86.1 Å². The maximum Gasteiger partial charge on any atom is 0.425 e. The fraction of sp³-hybridized carbons (Fsp3) is 0.564. The largest absolute Gasteiger partial charge is 0.493 e. The van der Waals surface area contributed by atoms with E-state index >= 15 is 0 Å². The summed E-state index contributed by atoms with van der Waals surface area (Å²) >= 11 is 0.392. The standard InChI is InChI=1S/C39H47F6N3O7S/c1-4-9-30-37(55-25-22-31(56-24-25)39(43,44)45,14-7-18-48(30)32(49)26-23-46-17-12-27(26)38(40,41)42)33(50)47-19-15-36(53,16-20-47)28-10-5-6-11-29(28)54-21-8-13-35(2,3)34(51)52/h5-6,10-12,17,22-24,30,33,50,53H,4,7-9,13-16,18-21H2,1-3H3,(H,51,52)/t30-,33?,37+/m1/s1. The molecule has 4 heterocycles. The Bertz CT molecular complexity index is 1830. The number of likely N-dealkylation sites (tertiary alicyclic amines) is 2. The molecule has 0 spiro atoms. The number of nitrogens with zero attached hydrogens (tertiary/aromatic N) is 3. The highest BCUT2D eigenvalue weighted by Crippen LogP contribution is 2.46. The summed E-state index contributed by atoms with van der Waals surface area (Å²) in [6.07, 6.45) is -7.71. The molecule has 2 aliphatic heterocycles. The second-order valence-corrected chi connectivity index (χ2v) is 16.0. The summed E-state index contributed by atoms with van der Waals surface area (Å²) < 4.78 is 95.8. The smallest absolute Gasteiger partial charge is 0.425 e. The zero-order valence-corrected chi connectivity index (χ0v) is 32.1. The van der Waals surface area contributed by atoms with Gasteiger partial charge in [0.25, 0.3) is 5.91 Å². The highest BCUT2D eigenvalue weighted by molar-refractivity contribution is 7.10. The van der Waals surface area contributed by atoms with Crippen molar-refractivity contribution in [3.8, 4) is 11.5 Å². The van der Waals surface area contributed by atoms with E-state index < -0.39 is 69.1 Å². The molecule has 1 aromatic carbocycles. The molecule has 3 atom stereocenters. The average Bonchev–Trinajstić information content (AvgIpc) is 3.63. The molecular weight excluding hydrogens is 768 g/mol. The van der Waals surface area contributed by atoms with Crippen LogP contribution in [0.4, 0.5) is 26.3 Å². The zero-order valence-electron chi connectivity index (χ0n) is 31.3. The number of carboxylic acids is 1. The Morgan fingerprint density at radius 1 is 1.04 bits per heavy atom. The van der Waals surface area contributed by atoms with E-state index in [4.69, 9.17) is 9.47 Å². The Hall–Kier alpha value is -3.93. The van der Waals surface area contributed by atoms with Crippen molar-refractivity contribution in [2.75, 3.05) is 26.2 Å². The number of aliphatic hydroxyl groups excluding tert-OH is 1. The predicted molar refractivity (Wildman–Crippen MR) is 194 cm³/mol. The first-order valence-electron chi connectivity index (χ1n) is 18.5. The third kappa shape index (κ3) is 9.27. The minimum absolute atomic E-state index is 0.00466. The van der Waals surface area contributed by atoms with Gasteiger partial charge in [-0.15, -0.1) is 11.3 Å². The van der Waals surface area contributed by atoms with Gasteiger partial charge in [-0.25, -0.2) is 0 Å². The Kier molecular flexibility index (Phi) is 13.0. The second kappa shape index (κ2) is 16.9. The first-order valence-corrected chi connectivity index (χ1v) is 19.4. The van der Waals surface area contributed by atoms with E-state index in [1.165, 1.54) is 4.90 Å². The number of aliphatic carboxylic acids is 1. The minimum atomic E-state index is -4.88. The number of hydrogen-bond acceptors (Lipinski definition) is 9. The fourth-order valence-electron chi connectivity index (χ4n) is 7.71. The van der Waals surface area contributed by atoms with E-state index in [0.717, 1.165) is 23.8 Å². The summed E-state index contributed by atoms with van der Waals surface area (Å²) in [4.78, 5) is 31.3. The number of alkyl halides is 6. The average molecular weight is 816 g/mol. The number of piperidine rings is 2. The number of ether oxygens (including phenoxy) is 2. The molecule has 1 amide bonds. The van der Waals surface area contributed by atoms with Gasteiger partial charge in [-0.2, -0.15) is 26.3 Å². The molecule has 2 fully saturated rings. The normalized spacial score (nSPS) is 21.4. The van der Waals surface area contributed by atoms with Gasteiger partial charge < -0.3 is 29.7 Å². The summed E-state index contributed by atoms with van der Waals surface area (Å²) in [5, 5.41) is 34.9. The van der Waals surface area contributed by atoms with Crippen LogP contribution in [0.15, 0.2) is 54.2 Å². The van der Waals surface area contributed by atoms with Crippen molar-refractivity contribution < 1.29 is 60.7 Å². The molecule has 3 N–H and O–H groups in total. The molecular formula is C39H47F6N3O7S. The molecule has 0 aliphatic carbocycles. The van der Waals surface area contributed by atoms with Crippen LogP contribution >= 0.6 is 11.3 Å². The monoisotopic (exact) mass is 815 g/mol. The summed E-state index contributed by atoms with van der Waals surface area (Å²) in [6.45, 7) is 5.35. The van der Waals surface area contributed by atoms with Crippen LogP contribution in [0, 0.1) is 5.41 Å². The first kappa shape index (κ1) is 43.2. The van der Waals surface area contributed by atoms with E-state index in [0.29, 0.717) is 48.0 Å². The van der Waals surface area contributed by atoms with Gasteiger partial charge in [-0.1, -0.05) is 31.5 Å². The summed E-state index contributed by atoms with van der Waals surface area (Å²) in [5.74, 6) is -1.72. The van der Waals surface area contributed by atoms with Crippen LogP contribution in [0.5, 0.6) is 11.5 Å². The lowest BCUT2D eigenvalue weighted by atomic mass is 9.77. The van der Waals surface area contributed by atoms with Gasteiger partial charge >= 0.3 is 18.3 Å². The van der Waals surface area contributed by atoms with Gasteiger partial charge in [-0.3, -0.25) is 19.5 Å². The second-order valence-electron chi connectivity index (χ2n) is 15.1. The molecule has 0 radical (unpaired) electrons. The fourth-order valence-corrected chi connectivity index (χ4v) is 8.38. The van der Waals surface area contributed by atoms with E-state index in [1.807, 2.05) is 0 Å². The van der Waals surface area contributed by atoms with E-state index in [-0.39, 0.29) is 64.1 Å². The predicted octanol–water partition coefficient (Wildman–Crippen LogP) is 7.98. The number of halogens is 6. The Balaban J connectivity index is 1.44. The first-order chi connectivity index (χ1) is 26.2. The van der Waals surface area contributed by atoms with Gasteiger partial charge in [0.2, 0.25) is 0 Å². The van der Waals surface area contributed by atoms with Crippen molar-refractivity contribution in [3.63, 3.8) is 0 Å². The molecule has 308 valence electrons. The van der Waals surface area contributed by atoms with Crippen molar-refractivity contribution in [3.05, 3.63) is 75.7 Å². The Morgan fingerprint density at radius 2 is 1.73 bits per heavy atom. The molecule has 3 aromatic rings. The van der Waals surface area contributed by atoms with Crippen LogP contribution in [-0.2, 0) is 22.7 Å². The summed E-state index contributed by atoms with van der Waals surface area (Å²) in [5.41, 5.74) is -5.57. The topological polar surface area (TPSA) is 133 Å². The highest BCUT2D eigenvalue weighted by Gasteiger charge is 2.56. The molecule has 2 saturated heterocycles. The van der Waals surface area contributed by atoms with Gasteiger partial charge in [0, 0.05) is 49.0 Å². The number of amides is 1. The maximum absolute atomic E-state index is 14.1. The van der Waals surface area contributed by atoms with Crippen LogP contribution in [0.1, 0.15) is 98.5 Å². The van der Waals surface area contributed by atoms with E-state index in [1.54, 1.807) is 49.9 Å². The van der Waals surface area contributed by atoms with Gasteiger partial charge in [0.05, 0.1) is 34.8 Å². The number of para-hydroxylation sites is 1. The number of carbonyl (C=O) groups excluding carboxylic acids is 1. The molecule has 10 nitrogen and oxygen atoms in total. The number of thiophene rings is 1. The summed E-state index contributed by atoms with van der Waals surface area (Å²) in [6, 6.07) is 7.32. The quantitative estimate of drug-likeness (QED) is 0.110.